The summed E-state index contributed by atoms with van der Waals surface area (Å²) in [6.45, 7) is 0.773. The van der Waals surface area contributed by atoms with Crippen LogP contribution in [0.25, 0.3) is 10.9 Å². The van der Waals surface area contributed by atoms with Crippen molar-refractivity contribution in [3.05, 3.63) is 36.3 Å². The minimum atomic E-state index is -0.219. The second-order valence-electron chi connectivity index (χ2n) is 4.60. The van der Waals surface area contributed by atoms with E-state index in [1.807, 2.05) is 12.3 Å². The first kappa shape index (κ1) is 12.6. The molecule has 0 bridgehead atoms. The summed E-state index contributed by atoms with van der Waals surface area (Å²) in [5.74, 6) is -0.0828. The van der Waals surface area contributed by atoms with Gasteiger partial charge in [-0.1, -0.05) is 0 Å². The summed E-state index contributed by atoms with van der Waals surface area (Å²) in [6, 6.07) is 6.66. The molecule has 0 saturated heterocycles. The quantitative estimate of drug-likeness (QED) is 0.816. The molecule has 0 aliphatic carbocycles. The van der Waals surface area contributed by atoms with E-state index in [2.05, 4.69) is 4.57 Å². The number of nitrogens with zero attached hydrogens (tertiary/aromatic N) is 2. The van der Waals surface area contributed by atoms with Gasteiger partial charge in [-0.25, -0.2) is 4.39 Å². The third-order valence-electron chi connectivity index (χ3n) is 3.02. The van der Waals surface area contributed by atoms with Crippen molar-refractivity contribution in [1.29, 1.82) is 0 Å². The topological polar surface area (TPSA) is 25.2 Å². The molecule has 3 nitrogen and oxygen atoms in total. The molecule has 2 aromatic rings. The highest BCUT2D eigenvalue weighted by molar-refractivity contribution is 5.80. The minimum Gasteiger partial charge on any atom is -0.349 e. The molecule has 1 heterocycles. The number of benzene rings is 1. The number of rotatable bonds is 4. The first-order valence-electron chi connectivity index (χ1n) is 6.02. The second kappa shape index (κ2) is 5.21. The molecule has 0 radical (unpaired) electrons. The summed E-state index contributed by atoms with van der Waals surface area (Å²) >= 11 is 0. The van der Waals surface area contributed by atoms with Crippen LogP contribution >= 0.6 is 0 Å². The Bertz CT molecular complexity index is 560. The highest BCUT2D eigenvalue weighted by Crippen LogP contribution is 2.17. The Labute approximate surface area is 106 Å². The van der Waals surface area contributed by atoms with Gasteiger partial charge in [0.15, 0.2) is 0 Å². The number of amides is 1. The van der Waals surface area contributed by atoms with Crippen LogP contribution in [0, 0.1) is 5.82 Å². The van der Waals surface area contributed by atoms with Crippen molar-refractivity contribution in [3.63, 3.8) is 0 Å². The van der Waals surface area contributed by atoms with Crippen LogP contribution in [0.2, 0.25) is 0 Å². The fourth-order valence-corrected chi connectivity index (χ4v) is 1.99. The predicted octanol–water partition coefficient (Wildman–Crippen LogP) is 2.65. The van der Waals surface area contributed by atoms with Gasteiger partial charge in [-0.3, -0.25) is 4.79 Å². The lowest BCUT2D eigenvalue weighted by molar-refractivity contribution is -0.128. The SMILES string of the molecule is CN(C)C(=O)CCCn1ccc2cc(F)ccc21. The number of hydrogen-bond donors (Lipinski definition) is 0. The van der Waals surface area contributed by atoms with Crippen molar-refractivity contribution in [2.24, 2.45) is 0 Å². The molecule has 96 valence electrons. The van der Waals surface area contributed by atoms with Crippen LogP contribution < -0.4 is 0 Å². The predicted molar refractivity (Wildman–Crippen MR) is 69.8 cm³/mol. The number of aromatic nitrogens is 1. The largest absolute Gasteiger partial charge is 0.349 e. The van der Waals surface area contributed by atoms with Crippen LogP contribution in [0.4, 0.5) is 4.39 Å². The average Bonchev–Trinajstić information content (AvgIpc) is 2.71. The molecular weight excluding hydrogens is 231 g/mol. The van der Waals surface area contributed by atoms with E-state index in [0.29, 0.717) is 6.42 Å². The fourth-order valence-electron chi connectivity index (χ4n) is 1.99. The Morgan fingerprint density at radius 2 is 2.11 bits per heavy atom. The lowest BCUT2D eigenvalue weighted by Crippen LogP contribution is -2.21. The third kappa shape index (κ3) is 2.70. The van der Waals surface area contributed by atoms with E-state index in [0.717, 1.165) is 23.9 Å². The van der Waals surface area contributed by atoms with Crippen LogP contribution in [-0.2, 0) is 11.3 Å². The van der Waals surface area contributed by atoms with Gasteiger partial charge in [-0.2, -0.15) is 0 Å². The molecule has 2 rings (SSSR count). The molecule has 1 aromatic carbocycles. The van der Waals surface area contributed by atoms with Crippen LogP contribution in [-0.4, -0.2) is 29.5 Å². The Morgan fingerprint density at radius 1 is 1.33 bits per heavy atom. The zero-order valence-corrected chi connectivity index (χ0v) is 10.7. The van der Waals surface area contributed by atoms with Gasteiger partial charge in [0.05, 0.1) is 0 Å². The summed E-state index contributed by atoms with van der Waals surface area (Å²) in [4.78, 5) is 13.0. The molecule has 0 saturated carbocycles. The van der Waals surface area contributed by atoms with Gasteiger partial charge >= 0.3 is 0 Å². The van der Waals surface area contributed by atoms with Gasteiger partial charge < -0.3 is 9.47 Å². The zero-order valence-electron chi connectivity index (χ0n) is 10.7. The molecule has 0 atom stereocenters. The Morgan fingerprint density at radius 3 is 2.83 bits per heavy atom. The van der Waals surface area contributed by atoms with Gasteiger partial charge in [0, 0.05) is 44.2 Å². The number of aryl methyl sites for hydroxylation is 1. The third-order valence-corrected chi connectivity index (χ3v) is 3.02. The van der Waals surface area contributed by atoms with Crippen molar-refractivity contribution in [3.8, 4) is 0 Å². The molecule has 0 N–H and O–H groups in total. The number of carbonyl (C=O) groups is 1. The minimum absolute atomic E-state index is 0.137. The van der Waals surface area contributed by atoms with Gasteiger partial charge in [-0.15, -0.1) is 0 Å². The highest BCUT2D eigenvalue weighted by atomic mass is 19.1. The first-order chi connectivity index (χ1) is 8.58. The van der Waals surface area contributed by atoms with Crippen molar-refractivity contribution >= 4 is 16.8 Å². The second-order valence-corrected chi connectivity index (χ2v) is 4.60. The van der Waals surface area contributed by atoms with E-state index in [1.54, 1.807) is 25.1 Å². The Balaban J connectivity index is 2.02. The number of fused-ring (bicyclic) bond motifs is 1. The van der Waals surface area contributed by atoms with Gasteiger partial charge in [0.25, 0.3) is 0 Å². The maximum absolute atomic E-state index is 13.0. The van der Waals surface area contributed by atoms with Crippen molar-refractivity contribution < 1.29 is 9.18 Å². The monoisotopic (exact) mass is 248 g/mol. The zero-order chi connectivity index (χ0) is 13.1. The summed E-state index contributed by atoms with van der Waals surface area (Å²) in [5, 5.41) is 0.897. The molecule has 4 heteroatoms. The van der Waals surface area contributed by atoms with Gasteiger partial charge in [0.2, 0.25) is 5.91 Å². The first-order valence-corrected chi connectivity index (χ1v) is 6.02. The highest BCUT2D eigenvalue weighted by Gasteiger charge is 2.05. The van der Waals surface area contributed by atoms with E-state index in [-0.39, 0.29) is 11.7 Å². The molecule has 1 aromatic heterocycles. The fraction of sp³-hybridized carbons (Fsp3) is 0.357. The van der Waals surface area contributed by atoms with E-state index < -0.39 is 0 Å². The van der Waals surface area contributed by atoms with Crippen LogP contribution in [0.15, 0.2) is 30.5 Å². The van der Waals surface area contributed by atoms with Gasteiger partial charge in [0.1, 0.15) is 5.82 Å². The van der Waals surface area contributed by atoms with Crippen molar-refractivity contribution in [2.75, 3.05) is 14.1 Å². The van der Waals surface area contributed by atoms with Crippen molar-refractivity contribution in [1.82, 2.24) is 9.47 Å². The van der Waals surface area contributed by atoms with Crippen LogP contribution in [0.3, 0.4) is 0 Å². The summed E-state index contributed by atoms with van der Waals surface area (Å²) in [6.07, 6.45) is 3.26. The van der Waals surface area contributed by atoms with Gasteiger partial charge in [-0.05, 0) is 30.7 Å². The molecular formula is C14H17FN2O. The standard InChI is InChI=1S/C14H17FN2O/c1-16(2)14(18)4-3-8-17-9-7-11-10-12(15)5-6-13(11)17/h5-7,9-10H,3-4,8H2,1-2H3. The molecule has 0 aliphatic heterocycles. The van der Waals surface area contributed by atoms with E-state index in [9.17, 15) is 9.18 Å². The molecule has 18 heavy (non-hydrogen) atoms. The molecule has 0 fully saturated rings. The average molecular weight is 248 g/mol. The number of halogens is 1. The Hall–Kier alpha value is -1.84. The van der Waals surface area contributed by atoms with Crippen LogP contribution in [0.1, 0.15) is 12.8 Å². The number of carbonyl (C=O) groups excluding carboxylic acids is 1. The molecule has 1 amide bonds. The molecule has 0 aliphatic rings. The van der Waals surface area contributed by atoms with E-state index in [1.165, 1.54) is 12.1 Å². The lowest BCUT2D eigenvalue weighted by Gasteiger charge is -2.10. The summed E-state index contributed by atoms with van der Waals surface area (Å²) < 4.78 is 15.1. The van der Waals surface area contributed by atoms with E-state index >= 15 is 0 Å². The van der Waals surface area contributed by atoms with E-state index in [4.69, 9.17) is 0 Å². The summed E-state index contributed by atoms with van der Waals surface area (Å²) in [5.41, 5.74) is 1.01. The Kier molecular flexibility index (Phi) is 3.65. The molecule has 0 unspecified atom stereocenters. The molecule has 0 spiro atoms. The van der Waals surface area contributed by atoms with Crippen LogP contribution in [0.5, 0.6) is 0 Å². The maximum atomic E-state index is 13.0. The maximum Gasteiger partial charge on any atom is 0.222 e. The normalized spacial score (nSPS) is 10.8. The number of hydrogen-bond acceptors (Lipinski definition) is 1. The van der Waals surface area contributed by atoms with Crippen molar-refractivity contribution in [2.45, 2.75) is 19.4 Å². The lowest BCUT2D eigenvalue weighted by atomic mass is 10.2. The smallest absolute Gasteiger partial charge is 0.222 e. The summed E-state index contributed by atoms with van der Waals surface area (Å²) in [7, 11) is 3.52.